The van der Waals surface area contributed by atoms with E-state index in [4.69, 9.17) is 0 Å². The van der Waals surface area contributed by atoms with Crippen molar-refractivity contribution in [2.45, 2.75) is 13.1 Å². The first kappa shape index (κ1) is 23.2. The van der Waals surface area contributed by atoms with E-state index < -0.39 is 10.0 Å². The lowest BCUT2D eigenvalue weighted by Crippen LogP contribution is -2.38. The molecule has 0 aliphatic rings. The molecule has 0 fully saturated rings. The number of rotatable bonds is 6. The fourth-order valence-electron chi connectivity index (χ4n) is 2.46. The Hall–Kier alpha value is -1.88. The molecule has 0 spiro atoms. The van der Waals surface area contributed by atoms with Crippen LogP contribution in [-0.4, -0.2) is 39.6 Å². The van der Waals surface area contributed by atoms with Crippen LogP contribution in [0.5, 0.6) is 0 Å². The number of nitrogens with one attached hydrogen (secondary N) is 2. The number of hydrogen-bond acceptors (Lipinski definition) is 3. The normalized spacial score (nSPS) is 11.5. The minimum Gasteiger partial charge on any atom is -0.352 e. The molecule has 0 heterocycles. The molecule has 0 bridgehead atoms. The van der Waals surface area contributed by atoms with Gasteiger partial charge in [-0.2, -0.15) is 0 Å². The van der Waals surface area contributed by atoms with Gasteiger partial charge in [-0.3, -0.25) is 9.71 Å². The highest BCUT2D eigenvalue weighted by Crippen LogP contribution is 2.12. The predicted molar refractivity (Wildman–Crippen MR) is 118 cm³/mol. The molecule has 2 rings (SSSR count). The van der Waals surface area contributed by atoms with E-state index in [1.807, 2.05) is 18.0 Å². The summed E-state index contributed by atoms with van der Waals surface area (Å²) in [6, 6.07) is 13.5. The molecule has 27 heavy (non-hydrogen) atoms. The largest absolute Gasteiger partial charge is 0.352 e. The van der Waals surface area contributed by atoms with Crippen molar-refractivity contribution < 1.29 is 12.8 Å². The highest BCUT2D eigenvalue weighted by Gasteiger charge is 2.08. The number of aliphatic imine (C=N–C) groups is 1. The first-order valence-corrected chi connectivity index (χ1v) is 9.89. The van der Waals surface area contributed by atoms with E-state index in [1.165, 1.54) is 12.1 Å². The molecule has 0 saturated heterocycles. The van der Waals surface area contributed by atoms with Gasteiger partial charge >= 0.3 is 0 Å². The van der Waals surface area contributed by atoms with Crippen LogP contribution >= 0.6 is 24.0 Å². The summed E-state index contributed by atoms with van der Waals surface area (Å²) in [6.45, 7) is 1.06. The zero-order valence-electron chi connectivity index (χ0n) is 15.4. The second-order valence-electron chi connectivity index (χ2n) is 5.96. The van der Waals surface area contributed by atoms with Crippen molar-refractivity contribution >= 4 is 45.6 Å². The number of benzene rings is 2. The van der Waals surface area contributed by atoms with Crippen molar-refractivity contribution in [2.75, 3.05) is 25.1 Å². The Kier molecular flexibility index (Phi) is 8.97. The number of anilines is 1. The van der Waals surface area contributed by atoms with Gasteiger partial charge in [-0.05, 0) is 35.4 Å². The van der Waals surface area contributed by atoms with Crippen molar-refractivity contribution in [3.8, 4) is 0 Å². The molecule has 148 valence electrons. The summed E-state index contributed by atoms with van der Waals surface area (Å²) < 4.78 is 38.1. The van der Waals surface area contributed by atoms with Crippen LogP contribution in [-0.2, 0) is 23.1 Å². The smallest absolute Gasteiger partial charge is 0.229 e. The maximum Gasteiger partial charge on any atom is 0.229 e. The maximum atomic E-state index is 13.0. The number of nitrogens with zero attached hydrogens (tertiary/aromatic N) is 2. The van der Waals surface area contributed by atoms with E-state index in [2.05, 4.69) is 15.0 Å². The van der Waals surface area contributed by atoms with Crippen molar-refractivity contribution in [1.82, 2.24) is 10.2 Å². The van der Waals surface area contributed by atoms with E-state index in [0.29, 0.717) is 24.7 Å². The van der Waals surface area contributed by atoms with Gasteiger partial charge in [0.2, 0.25) is 10.0 Å². The quantitative estimate of drug-likeness (QED) is 0.359. The minimum absolute atomic E-state index is 0. The van der Waals surface area contributed by atoms with E-state index in [9.17, 15) is 12.8 Å². The summed E-state index contributed by atoms with van der Waals surface area (Å²) in [5.74, 6) is 0.414. The molecule has 2 aromatic carbocycles. The van der Waals surface area contributed by atoms with E-state index in [0.717, 1.165) is 17.4 Å². The molecule has 0 saturated carbocycles. The van der Waals surface area contributed by atoms with Gasteiger partial charge in [-0.1, -0.05) is 24.3 Å². The lowest BCUT2D eigenvalue weighted by Gasteiger charge is -2.22. The SMILES string of the molecule is CN=C(NCc1cccc(NS(C)(=O)=O)c1)N(C)Cc1ccc(F)cc1.I. The third kappa shape index (κ3) is 8.12. The third-order valence-electron chi connectivity index (χ3n) is 3.59. The Morgan fingerprint density at radius 3 is 2.41 bits per heavy atom. The first-order valence-electron chi connectivity index (χ1n) is 8.00. The molecule has 2 aromatic rings. The van der Waals surface area contributed by atoms with Gasteiger partial charge in [-0.25, -0.2) is 12.8 Å². The van der Waals surface area contributed by atoms with Crippen molar-refractivity contribution in [3.63, 3.8) is 0 Å². The molecular weight excluding hydrogens is 482 g/mol. The summed E-state index contributed by atoms with van der Waals surface area (Å²) in [5.41, 5.74) is 2.40. The molecular formula is C18H24FIN4O2S. The van der Waals surface area contributed by atoms with Crippen LogP contribution in [0.1, 0.15) is 11.1 Å². The monoisotopic (exact) mass is 506 g/mol. The van der Waals surface area contributed by atoms with Crippen LogP contribution in [0, 0.1) is 5.82 Å². The molecule has 0 unspecified atom stereocenters. The highest BCUT2D eigenvalue weighted by molar-refractivity contribution is 14.0. The van der Waals surface area contributed by atoms with Crippen molar-refractivity contribution in [1.29, 1.82) is 0 Å². The molecule has 0 aliphatic carbocycles. The van der Waals surface area contributed by atoms with Crippen LogP contribution < -0.4 is 10.0 Å². The average molecular weight is 506 g/mol. The Bertz CT molecular complexity index is 873. The molecule has 0 aliphatic heterocycles. The summed E-state index contributed by atoms with van der Waals surface area (Å²) in [7, 11) is 0.265. The van der Waals surface area contributed by atoms with Gasteiger partial charge in [0.15, 0.2) is 5.96 Å². The first-order chi connectivity index (χ1) is 12.3. The fourth-order valence-corrected chi connectivity index (χ4v) is 3.02. The number of hydrogen-bond donors (Lipinski definition) is 2. The molecule has 0 aromatic heterocycles. The van der Waals surface area contributed by atoms with Crippen molar-refractivity contribution in [3.05, 3.63) is 65.5 Å². The van der Waals surface area contributed by atoms with E-state index in [1.54, 1.807) is 37.4 Å². The molecule has 0 atom stereocenters. The lowest BCUT2D eigenvalue weighted by molar-refractivity contribution is 0.476. The topological polar surface area (TPSA) is 73.8 Å². The van der Waals surface area contributed by atoms with E-state index >= 15 is 0 Å². The van der Waals surface area contributed by atoms with Gasteiger partial charge in [0, 0.05) is 32.9 Å². The standard InChI is InChI=1S/C18H23FN4O2S.HI/c1-20-18(23(2)13-14-7-9-16(19)10-8-14)21-12-15-5-4-6-17(11-15)22-26(3,24)25;/h4-11,22H,12-13H2,1-3H3,(H,20,21);1H. The average Bonchev–Trinajstić information content (AvgIpc) is 2.56. The number of sulfonamides is 1. The second-order valence-corrected chi connectivity index (χ2v) is 7.71. The molecule has 9 heteroatoms. The van der Waals surface area contributed by atoms with Crippen LogP contribution in [0.15, 0.2) is 53.5 Å². The van der Waals surface area contributed by atoms with Gasteiger partial charge < -0.3 is 10.2 Å². The van der Waals surface area contributed by atoms with Crippen LogP contribution in [0.2, 0.25) is 0 Å². The minimum atomic E-state index is -3.31. The Labute approximate surface area is 177 Å². The fraction of sp³-hybridized carbons (Fsp3) is 0.278. The lowest BCUT2D eigenvalue weighted by atomic mass is 10.2. The third-order valence-corrected chi connectivity index (χ3v) is 4.19. The van der Waals surface area contributed by atoms with Gasteiger partial charge in [-0.15, -0.1) is 24.0 Å². The van der Waals surface area contributed by atoms with Gasteiger partial charge in [0.25, 0.3) is 0 Å². The molecule has 6 nitrogen and oxygen atoms in total. The second kappa shape index (κ2) is 10.5. The molecule has 0 radical (unpaired) electrons. The van der Waals surface area contributed by atoms with Crippen molar-refractivity contribution in [2.24, 2.45) is 4.99 Å². The van der Waals surface area contributed by atoms with E-state index in [-0.39, 0.29) is 29.8 Å². The summed E-state index contributed by atoms with van der Waals surface area (Å²) >= 11 is 0. The number of halogens is 2. The Morgan fingerprint density at radius 1 is 1.15 bits per heavy atom. The zero-order chi connectivity index (χ0) is 19.2. The molecule has 2 N–H and O–H groups in total. The zero-order valence-corrected chi connectivity index (χ0v) is 18.6. The van der Waals surface area contributed by atoms with Crippen LogP contribution in [0.3, 0.4) is 0 Å². The summed E-state index contributed by atoms with van der Waals surface area (Å²) in [4.78, 5) is 6.17. The Morgan fingerprint density at radius 2 is 1.81 bits per heavy atom. The maximum absolute atomic E-state index is 13.0. The predicted octanol–water partition coefficient (Wildman–Crippen LogP) is 3.02. The van der Waals surface area contributed by atoms with Gasteiger partial charge in [0.05, 0.1) is 6.26 Å². The number of guanidine groups is 1. The Balaban J connectivity index is 0.00000364. The summed E-state index contributed by atoms with van der Waals surface area (Å²) in [5, 5.41) is 3.23. The summed E-state index contributed by atoms with van der Waals surface area (Å²) in [6.07, 6.45) is 1.12. The van der Waals surface area contributed by atoms with Crippen LogP contribution in [0.25, 0.3) is 0 Å². The molecule has 0 amide bonds. The van der Waals surface area contributed by atoms with Gasteiger partial charge in [0.1, 0.15) is 5.82 Å². The van der Waals surface area contributed by atoms with Crippen LogP contribution in [0.4, 0.5) is 10.1 Å². The highest BCUT2D eigenvalue weighted by atomic mass is 127.